The Morgan fingerprint density at radius 1 is 1.10 bits per heavy atom. The van der Waals surface area contributed by atoms with Gasteiger partial charge in [0.15, 0.2) is 0 Å². The average Bonchev–Trinajstić information content (AvgIpc) is 2.56. The van der Waals surface area contributed by atoms with Crippen molar-refractivity contribution in [3.63, 3.8) is 0 Å². The fraction of sp³-hybridized carbons (Fsp3) is 0.412. The zero-order valence-electron chi connectivity index (χ0n) is 12.3. The lowest BCUT2D eigenvalue weighted by Crippen LogP contribution is -2.41. The van der Waals surface area contributed by atoms with E-state index in [4.69, 9.17) is 0 Å². The molecule has 0 bridgehead atoms. The SMILES string of the molecule is c1ccc(CN2CCC(NCc3cnccn3)CC2)cc1. The molecule has 1 aromatic carbocycles. The summed E-state index contributed by atoms with van der Waals surface area (Å²) >= 11 is 0. The van der Waals surface area contributed by atoms with Crippen molar-refractivity contribution in [3.05, 3.63) is 60.2 Å². The zero-order valence-corrected chi connectivity index (χ0v) is 12.3. The highest BCUT2D eigenvalue weighted by molar-refractivity contribution is 5.14. The molecule has 0 amide bonds. The molecular formula is C17H22N4. The molecule has 4 nitrogen and oxygen atoms in total. The molecule has 0 unspecified atom stereocenters. The molecule has 1 fully saturated rings. The maximum absolute atomic E-state index is 4.30. The van der Waals surface area contributed by atoms with Crippen LogP contribution < -0.4 is 5.32 Å². The van der Waals surface area contributed by atoms with Crippen LogP contribution in [0.5, 0.6) is 0 Å². The lowest BCUT2D eigenvalue weighted by Gasteiger charge is -2.32. The molecule has 21 heavy (non-hydrogen) atoms. The molecule has 1 N–H and O–H groups in total. The van der Waals surface area contributed by atoms with Gasteiger partial charge in [0, 0.05) is 37.7 Å². The van der Waals surface area contributed by atoms with E-state index in [0.29, 0.717) is 6.04 Å². The lowest BCUT2D eigenvalue weighted by molar-refractivity contribution is 0.190. The predicted molar refractivity (Wildman–Crippen MR) is 83.6 cm³/mol. The summed E-state index contributed by atoms with van der Waals surface area (Å²) in [7, 11) is 0. The van der Waals surface area contributed by atoms with Gasteiger partial charge in [0.05, 0.1) is 5.69 Å². The van der Waals surface area contributed by atoms with Crippen molar-refractivity contribution in [2.45, 2.75) is 32.0 Å². The Hall–Kier alpha value is -1.78. The molecule has 3 rings (SSSR count). The van der Waals surface area contributed by atoms with Crippen molar-refractivity contribution < 1.29 is 0 Å². The van der Waals surface area contributed by atoms with Crippen LogP contribution in [0, 0.1) is 0 Å². The number of aromatic nitrogens is 2. The van der Waals surface area contributed by atoms with E-state index in [0.717, 1.165) is 31.9 Å². The molecule has 2 aromatic rings. The third-order valence-electron chi connectivity index (χ3n) is 4.03. The molecule has 1 aromatic heterocycles. The Labute approximate surface area is 126 Å². The highest BCUT2D eigenvalue weighted by Crippen LogP contribution is 2.14. The first-order valence-electron chi connectivity index (χ1n) is 7.65. The van der Waals surface area contributed by atoms with Gasteiger partial charge in [-0.1, -0.05) is 30.3 Å². The molecule has 1 saturated heterocycles. The number of hydrogen-bond acceptors (Lipinski definition) is 4. The third kappa shape index (κ3) is 4.34. The van der Waals surface area contributed by atoms with E-state index < -0.39 is 0 Å². The van der Waals surface area contributed by atoms with Crippen molar-refractivity contribution in [1.82, 2.24) is 20.2 Å². The van der Waals surface area contributed by atoms with E-state index in [1.54, 1.807) is 12.4 Å². The van der Waals surface area contributed by atoms with Crippen molar-refractivity contribution in [2.24, 2.45) is 0 Å². The molecule has 0 spiro atoms. The summed E-state index contributed by atoms with van der Waals surface area (Å²) < 4.78 is 0. The summed E-state index contributed by atoms with van der Waals surface area (Å²) in [5, 5.41) is 3.59. The van der Waals surface area contributed by atoms with Crippen LogP contribution in [0.3, 0.4) is 0 Å². The monoisotopic (exact) mass is 282 g/mol. The van der Waals surface area contributed by atoms with Gasteiger partial charge >= 0.3 is 0 Å². The molecule has 1 aliphatic rings. The minimum atomic E-state index is 0.596. The number of hydrogen-bond donors (Lipinski definition) is 1. The summed E-state index contributed by atoms with van der Waals surface area (Å²) in [5.41, 5.74) is 2.42. The first kappa shape index (κ1) is 14.2. The molecule has 0 radical (unpaired) electrons. The summed E-state index contributed by atoms with van der Waals surface area (Å²) in [6.07, 6.45) is 7.70. The van der Waals surface area contributed by atoms with Crippen LogP contribution in [0.4, 0.5) is 0 Å². The van der Waals surface area contributed by atoms with Crippen LogP contribution in [0.15, 0.2) is 48.9 Å². The maximum Gasteiger partial charge on any atom is 0.0724 e. The molecule has 0 saturated carbocycles. The Morgan fingerprint density at radius 2 is 1.90 bits per heavy atom. The van der Waals surface area contributed by atoms with E-state index in [1.807, 2.05) is 6.20 Å². The van der Waals surface area contributed by atoms with Gasteiger partial charge in [-0.05, 0) is 31.5 Å². The van der Waals surface area contributed by atoms with Gasteiger partial charge in [0.1, 0.15) is 0 Å². The molecular weight excluding hydrogens is 260 g/mol. The molecule has 1 aliphatic heterocycles. The van der Waals surface area contributed by atoms with Gasteiger partial charge in [0.25, 0.3) is 0 Å². The van der Waals surface area contributed by atoms with Crippen LogP contribution in [0.2, 0.25) is 0 Å². The first-order chi connectivity index (χ1) is 10.4. The minimum Gasteiger partial charge on any atom is -0.308 e. The quantitative estimate of drug-likeness (QED) is 0.913. The topological polar surface area (TPSA) is 41.0 Å². The van der Waals surface area contributed by atoms with E-state index >= 15 is 0 Å². The lowest BCUT2D eigenvalue weighted by atomic mass is 10.0. The smallest absolute Gasteiger partial charge is 0.0724 e. The van der Waals surface area contributed by atoms with Gasteiger partial charge in [-0.25, -0.2) is 0 Å². The Balaban J connectivity index is 1.41. The summed E-state index contributed by atoms with van der Waals surface area (Å²) in [6.45, 7) is 4.20. The minimum absolute atomic E-state index is 0.596. The van der Waals surface area contributed by atoms with E-state index in [2.05, 4.69) is 50.5 Å². The van der Waals surface area contributed by atoms with Gasteiger partial charge < -0.3 is 5.32 Å². The first-order valence-corrected chi connectivity index (χ1v) is 7.65. The number of rotatable bonds is 5. The fourth-order valence-electron chi connectivity index (χ4n) is 2.81. The van der Waals surface area contributed by atoms with Crippen LogP contribution in [0.25, 0.3) is 0 Å². The fourth-order valence-corrected chi connectivity index (χ4v) is 2.81. The van der Waals surface area contributed by atoms with E-state index in [-0.39, 0.29) is 0 Å². The van der Waals surface area contributed by atoms with Gasteiger partial charge in [-0.2, -0.15) is 0 Å². The third-order valence-corrected chi connectivity index (χ3v) is 4.03. The normalized spacial score (nSPS) is 17.0. The molecule has 0 atom stereocenters. The van der Waals surface area contributed by atoms with Crippen molar-refractivity contribution >= 4 is 0 Å². The van der Waals surface area contributed by atoms with Crippen LogP contribution in [0.1, 0.15) is 24.1 Å². The Morgan fingerprint density at radius 3 is 2.62 bits per heavy atom. The van der Waals surface area contributed by atoms with Crippen molar-refractivity contribution in [2.75, 3.05) is 13.1 Å². The van der Waals surface area contributed by atoms with Crippen molar-refractivity contribution in [1.29, 1.82) is 0 Å². The largest absolute Gasteiger partial charge is 0.308 e. The molecule has 110 valence electrons. The van der Waals surface area contributed by atoms with E-state index in [9.17, 15) is 0 Å². The summed E-state index contributed by atoms with van der Waals surface area (Å²) in [5.74, 6) is 0. The number of likely N-dealkylation sites (tertiary alicyclic amines) is 1. The van der Waals surface area contributed by atoms with Gasteiger partial charge in [-0.3, -0.25) is 14.9 Å². The number of nitrogens with one attached hydrogen (secondary N) is 1. The second kappa shape index (κ2) is 7.29. The van der Waals surface area contributed by atoms with E-state index in [1.165, 1.54) is 18.4 Å². The second-order valence-corrected chi connectivity index (χ2v) is 5.61. The molecule has 4 heteroatoms. The standard InChI is InChI=1S/C17H22N4/c1-2-4-15(5-3-1)14-21-10-6-16(7-11-21)20-13-17-12-18-8-9-19-17/h1-5,8-9,12,16,20H,6-7,10-11,13-14H2. The van der Waals surface area contributed by atoms with Crippen molar-refractivity contribution in [3.8, 4) is 0 Å². The predicted octanol–water partition coefficient (Wildman–Crippen LogP) is 2.23. The summed E-state index contributed by atoms with van der Waals surface area (Å²) in [6, 6.07) is 11.3. The average molecular weight is 282 g/mol. The molecule has 0 aliphatic carbocycles. The Kier molecular flexibility index (Phi) is 4.92. The molecule has 2 heterocycles. The van der Waals surface area contributed by atoms with Gasteiger partial charge in [-0.15, -0.1) is 0 Å². The van der Waals surface area contributed by atoms with Crippen LogP contribution in [-0.4, -0.2) is 34.0 Å². The zero-order chi connectivity index (χ0) is 14.3. The number of nitrogens with zero attached hydrogens (tertiary/aromatic N) is 3. The number of benzene rings is 1. The Bertz CT molecular complexity index is 521. The second-order valence-electron chi connectivity index (χ2n) is 5.61. The maximum atomic E-state index is 4.30. The van der Waals surface area contributed by atoms with Crippen LogP contribution in [-0.2, 0) is 13.1 Å². The number of piperidine rings is 1. The highest BCUT2D eigenvalue weighted by Gasteiger charge is 2.18. The highest BCUT2D eigenvalue weighted by atomic mass is 15.1. The summed E-state index contributed by atoms with van der Waals surface area (Å²) in [4.78, 5) is 10.9. The van der Waals surface area contributed by atoms with Gasteiger partial charge in [0.2, 0.25) is 0 Å². The van der Waals surface area contributed by atoms with Crippen LogP contribution >= 0.6 is 0 Å².